The van der Waals surface area contributed by atoms with Crippen LogP contribution in [0.1, 0.15) is 31.4 Å². The van der Waals surface area contributed by atoms with Gasteiger partial charge in [0.15, 0.2) is 0 Å². The van der Waals surface area contributed by atoms with E-state index < -0.39 is 16.1 Å². The number of hydrogen-bond acceptors (Lipinski definition) is 4. The molecule has 0 spiro atoms. The van der Waals surface area contributed by atoms with Crippen molar-refractivity contribution in [2.24, 2.45) is 11.7 Å². The first kappa shape index (κ1) is 20.9. The zero-order chi connectivity index (χ0) is 20.2. The number of nitrogens with two attached hydrogens (primary N) is 1. The molecule has 0 aliphatic carbocycles. The Morgan fingerprint density at radius 1 is 1.11 bits per heavy atom. The fourth-order valence-corrected chi connectivity index (χ4v) is 3.95. The molecular formula is C20H27N3O3S. The molecule has 0 radical (unpaired) electrons. The van der Waals surface area contributed by atoms with Crippen LogP contribution in [0.25, 0.3) is 0 Å². The number of sulfonamides is 1. The van der Waals surface area contributed by atoms with E-state index in [1.807, 2.05) is 26.8 Å². The molecule has 2 atom stereocenters. The van der Waals surface area contributed by atoms with Crippen molar-refractivity contribution in [3.63, 3.8) is 0 Å². The molecule has 0 aromatic heterocycles. The van der Waals surface area contributed by atoms with Crippen molar-refractivity contribution in [1.29, 1.82) is 0 Å². The van der Waals surface area contributed by atoms with E-state index in [4.69, 9.17) is 5.73 Å². The van der Waals surface area contributed by atoms with Crippen LogP contribution in [0.5, 0.6) is 0 Å². The lowest BCUT2D eigenvalue weighted by Gasteiger charge is -2.18. The van der Waals surface area contributed by atoms with Gasteiger partial charge in [0.05, 0.1) is 10.9 Å². The van der Waals surface area contributed by atoms with Gasteiger partial charge in [0.25, 0.3) is 10.0 Å². The smallest absolute Gasteiger partial charge is 0.262 e. The molecule has 2 aromatic carbocycles. The molecule has 1 amide bonds. The molecule has 2 aromatic rings. The maximum Gasteiger partial charge on any atom is 0.262 e. The molecular weight excluding hydrogens is 362 g/mol. The largest absolute Gasteiger partial charge is 0.325 e. The van der Waals surface area contributed by atoms with Crippen molar-refractivity contribution in [2.75, 3.05) is 10.0 Å². The zero-order valence-corrected chi connectivity index (χ0v) is 16.9. The fraction of sp³-hybridized carbons (Fsp3) is 0.350. The number of aryl methyl sites for hydroxylation is 2. The topological polar surface area (TPSA) is 101 Å². The highest BCUT2D eigenvalue weighted by Gasteiger charge is 2.21. The number of carbonyl (C=O) groups excluding carboxylic acids is 1. The van der Waals surface area contributed by atoms with Crippen LogP contribution in [-0.4, -0.2) is 20.4 Å². The average molecular weight is 390 g/mol. The van der Waals surface area contributed by atoms with Crippen LogP contribution in [0, 0.1) is 19.8 Å². The van der Waals surface area contributed by atoms with Crippen LogP contribution < -0.4 is 15.8 Å². The van der Waals surface area contributed by atoms with E-state index >= 15 is 0 Å². The summed E-state index contributed by atoms with van der Waals surface area (Å²) in [6, 6.07) is 11.3. The molecule has 2 unspecified atom stereocenters. The Labute approximate surface area is 161 Å². The van der Waals surface area contributed by atoms with E-state index in [9.17, 15) is 13.2 Å². The molecule has 27 heavy (non-hydrogen) atoms. The quantitative estimate of drug-likeness (QED) is 0.675. The first-order valence-corrected chi connectivity index (χ1v) is 10.4. The predicted octanol–water partition coefficient (Wildman–Crippen LogP) is 3.42. The standard InChI is InChI=1S/C20H27N3O3S/c1-5-14(3)19(21)20(24)22-16-10-9-15(4)18(12-16)27(25,26)23-17-8-6-7-13(2)11-17/h6-12,14,19,23H,5,21H2,1-4H3,(H,22,24). The van der Waals surface area contributed by atoms with Gasteiger partial charge in [-0.2, -0.15) is 0 Å². The summed E-state index contributed by atoms with van der Waals surface area (Å²) in [7, 11) is -3.79. The Morgan fingerprint density at radius 2 is 1.81 bits per heavy atom. The first-order chi connectivity index (χ1) is 12.6. The third kappa shape index (κ3) is 5.30. The minimum Gasteiger partial charge on any atom is -0.325 e. The van der Waals surface area contributed by atoms with Crippen LogP contribution in [0.4, 0.5) is 11.4 Å². The number of carbonyl (C=O) groups is 1. The molecule has 0 bridgehead atoms. The molecule has 0 saturated heterocycles. The van der Waals surface area contributed by atoms with Crippen LogP contribution in [-0.2, 0) is 14.8 Å². The van der Waals surface area contributed by atoms with Crippen LogP contribution >= 0.6 is 0 Å². The highest BCUT2D eigenvalue weighted by Crippen LogP contribution is 2.23. The Kier molecular flexibility index (Phi) is 6.62. The summed E-state index contributed by atoms with van der Waals surface area (Å²) in [6.07, 6.45) is 0.780. The van der Waals surface area contributed by atoms with Crippen LogP contribution in [0.15, 0.2) is 47.4 Å². The van der Waals surface area contributed by atoms with Gasteiger partial charge in [0.1, 0.15) is 0 Å². The van der Waals surface area contributed by atoms with Crippen molar-refractivity contribution < 1.29 is 13.2 Å². The van der Waals surface area contributed by atoms with Gasteiger partial charge < -0.3 is 11.1 Å². The van der Waals surface area contributed by atoms with Gasteiger partial charge in [-0.3, -0.25) is 9.52 Å². The lowest BCUT2D eigenvalue weighted by Crippen LogP contribution is -2.40. The molecule has 0 fully saturated rings. The van der Waals surface area contributed by atoms with Gasteiger partial charge in [-0.25, -0.2) is 8.42 Å². The highest BCUT2D eigenvalue weighted by molar-refractivity contribution is 7.92. The summed E-state index contributed by atoms with van der Waals surface area (Å²) in [5.74, 6) is -0.301. The second-order valence-electron chi connectivity index (χ2n) is 6.86. The zero-order valence-electron chi connectivity index (χ0n) is 16.1. The maximum atomic E-state index is 12.8. The van der Waals surface area contributed by atoms with E-state index in [2.05, 4.69) is 10.0 Å². The molecule has 0 heterocycles. The van der Waals surface area contributed by atoms with Gasteiger partial charge in [0.2, 0.25) is 5.91 Å². The number of amides is 1. The molecule has 0 aliphatic rings. The van der Waals surface area contributed by atoms with E-state index in [0.29, 0.717) is 16.9 Å². The Bertz CT molecular complexity index is 926. The summed E-state index contributed by atoms with van der Waals surface area (Å²) in [5.41, 5.74) is 8.37. The van der Waals surface area contributed by atoms with Gasteiger partial charge in [-0.15, -0.1) is 0 Å². The number of nitrogens with one attached hydrogen (secondary N) is 2. The third-order valence-corrected chi connectivity index (χ3v) is 6.10. The van der Waals surface area contributed by atoms with Crippen molar-refractivity contribution in [3.05, 3.63) is 53.6 Å². The minimum absolute atomic E-state index is 0.0293. The normalized spacial score (nSPS) is 13.7. The van der Waals surface area contributed by atoms with Gasteiger partial charge in [-0.05, 0) is 55.2 Å². The molecule has 0 aliphatic heterocycles. The second-order valence-corrected chi connectivity index (χ2v) is 8.51. The summed E-state index contributed by atoms with van der Waals surface area (Å²) in [4.78, 5) is 12.4. The van der Waals surface area contributed by atoms with E-state index in [-0.39, 0.29) is 16.7 Å². The van der Waals surface area contributed by atoms with Gasteiger partial charge in [0, 0.05) is 11.4 Å². The van der Waals surface area contributed by atoms with Crippen molar-refractivity contribution in [2.45, 2.75) is 45.1 Å². The Balaban J connectivity index is 2.27. The van der Waals surface area contributed by atoms with Crippen LogP contribution in [0.3, 0.4) is 0 Å². The maximum absolute atomic E-state index is 12.8. The van der Waals surface area contributed by atoms with Gasteiger partial charge in [-0.1, -0.05) is 38.5 Å². The summed E-state index contributed by atoms with van der Waals surface area (Å²) >= 11 is 0. The molecule has 0 saturated carbocycles. The van der Waals surface area contributed by atoms with E-state index in [1.54, 1.807) is 37.3 Å². The SMILES string of the molecule is CCC(C)C(N)C(=O)Nc1ccc(C)c(S(=O)(=O)Nc2cccc(C)c2)c1. The monoisotopic (exact) mass is 389 g/mol. The molecule has 2 rings (SSSR count). The second kappa shape index (κ2) is 8.54. The summed E-state index contributed by atoms with van der Waals surface area (Å²) in [6.45, 7) is 7.47. The van der Waals surface area contributed by atoms with Crippen LogP contribution in [0.2, 0.25) is 0 Å². The number of anilines is 2. The minimum atomic E-state index is -3.79. The Hall–Kier alpha value is -2.38. The van der Waals surface area contributed by atoms with Crippen molar-refractivity contribution in [1.82, 2.24) is 0 Å². The number of hydrogen-bond donors (Lipinski definition) is 3. The van der Waals surface area contributed by atoms with E-state index in [0.717, 1.165) is 12.0 Å². The number of benzene rings is 2. The van der Waals surface area contributed by atoms with Crippen molar-refractivity contribution >= 4 is 27.3 Å². The predicted molar refractivity (Wildman–Crippen MR) is 109 cm³/mol. The summed E-state index contributed by atoms with van der Waals surface area (Å²) < 4.78 is 28.2. The lowest BCUT2D eigenvalue weighted by atomic mass is 9.99. The van der Waals surface area contributed by atoms with Gasteiger partial charge >= 0.3 is 0 Å². The summed E-state index contributed by atoms with van der Waals surface area (Å²) in [5, 5.41) is 2.71. The van der Waals surface area contributed by atoms with E-state index in [1.165, 1.54) is 6.07 Å². The number of rotatable bonds is 7. The molecule has 6 nitrogen and oxygen atoms in total. The average Bonchev–Trinajstić information content (AvgIpc) is 2.61. The first-order valence-electron chi connectivity index (χ1n) is 8.90. The highest BCUT2D eigenvalue weighted by atomic mass is 32.2. The molecule has 4 N–H and O–H groups in total. The fourth-order valence-electron chi connectivity index (χ4n) is 2.62. The molecule has 146 valence electrons. The lowest BCUT2D eigenvalue weighted by molar-refractivity contribution is -0.118. The van der Waals surface area contributed by atoms with Crippen molar-refractivity contribution in [3.8, 4) is 0 Å². The molecule has 7 heteroatoms. The third-order valence-electron chi connectivity index (χ3n) is 4.58. The Morgan fingerprint density at radius 3 is 2.44 bits per heavy atom.